The van der Waals surface area contributed by atoms with Crippen molar-refractivity contribution in [1.29, 1.82) is 5.26 Å². The minimum absolute atomic E-state index is 0.347. The molecule has 0 N–H and O–H groups in total. The average molecular weight is 193 g/mol. The molecule has 0 amide bonds. The largest absolute Gasteiger partial charge is 0.207 e. The Bertz CT molecular complexity index is 382. The van der Waals surface area contributed by atoms with E-state index in [1.165, 1.54) is 12.1 Å². The SMILES string of the molecule is N#CC1(Cc2cc(F)cc(F)c2)CC1. The van der Waals surface area contributed by atoms with Crippen LogP contribution >= 0.6 is 0 Å². The van der Waals surface area contributed by atoms with Gasteiger partial charge in [0.05, 0.1) is 11.5 Å². The fourth-order valence-corrected chi connectivity index (χ4v) is 1.58. The van der Waals surface area contributed by atoms with Crippen molar-refractivity contribution in [3.8, 4) is 6.07 Å². The lowest BCUT2D eigenvalue weighted by Crippen LogP contribution is -2.02. The summed E-state index contributed by atoms with van der Waals surface area (Å²) in [4.78, 5) is 0. The van der Waals surface area contributed by atoms with Gasteiger partial charge in [0.25, 0.3) is 0 Å². The van der Waals surface area contributed by atoms with E-state index in [4.69, 9.17) is 5.26 Å². The van der Waals surface area contributed by atoms with Crippen molar-refractivity contribution in [2.24, 2.45) is 5.41 Å². The highest BCUT2D eigenvalue weighted by Gasteiger charge is 2.43. The van der Waals surface area contributed by atoms with Gasteiger partial charge in [-0.1, -0.05) is 0 Å². The molecule has 1 aliphatic carbocycles. The smallest absolute Gasteiger partial charge is 0.126 e. The lowest BCUT2D eigenvalue weighted by Gasteiger charge is -2.05. The Morgan fingerprint density at radius 3 is 2.21 bits per heavy atom. The van der Waals surface area contributed by atoms with Crippen LogP contribution in [0.2, 0.25) is 0 Å². The van der Waals surface area contributed by atoms with Crippen molar-refractivity contribution in [2.75, 3.05) is 0 Å². The van der Waals surface area contributed by atoms with Gasteiger partial charge in [0.1, 0.15) is 11.6 Å². The molecule has 0 bridgehead atoms. The molecule has 2 rings (SSSR count). The van der Waals surface area contributed by atoms with Crippen molar-refractivity contribution in [3.63, 3.8) is 0 Å². The van der Waals surface area contributed by atoms with Crippen LogP contribution in [0.5, 0.6) is 0 Å². The Balaban J connectivity index is 2.22. The summed E-state index contributed by atoms with van der Waals surface area (Å²) in [7, 11) is 0. The second-order valence-electron chi connectivity index (χ2n) is 3.85. The fraction of sp³-hybridized carbons (Fsp3) is 0.364. The molecule has 1 saturated carbocycles. The van der Waals surface area contributed by atoms with E-state index in [9.17, 15) is 8.78 Å². The first-order valence-electron chi connectivity index (χ1n) is 4.50. The topological polar surface area (TPSA) is 23.8 Å². The Kier molecular flexibility index (Phi) is 1.99. The molecule has 1 fully saturated rings. The van der Waals surface area contributed by atoms with Gasteiger partial charge in [0, 0.05) is 6.07 Å². The number of hydrogen-bond acceptors (Lipinski definition) is 1. The Labute approximate surface area is 81.0 Å². The van der Waals surface area contributed by atoms with Crippen LogP contribution in [0, 0.1) is 28.4 Å². The van der Waals surface area contributed by atoms with Gasteiger partial charge in [0.15, 0.2) is 0 Å². The highest BCUT2D eigenvalue weighted by Crippen LogP contribution is 2.47. The first-order valence-corrected chi connectivity index (χ1v) is 4.50. The Hall–Kier alpha value is -1.43. The minimum Gasteiger partial charge on any atom is -0.207 e. The average Bonchev–Trinajstić information content (AvgIpc) is 2.83. The quantitative estimate of drug-likeness (QED) is 0.708. The standard InChI is InChI=1S/C11H9F2N/c12-9-3-8(4-10(13)5-9)6-11(7-14)1-2-11/h3-5H,1-2,6H2. The van der Waals surface area contributed by atoms with E-state index in [-0.39, 0.29) is 5.41 Å². The zero-order valence-electron chi connectivity index (χ0n) is 7.56. The molecule has 0 radical (unpaired) electrons. The highest BCUT2D eigenvalue weighted by atomic mass is 19.1. The number of hydrogen-bond donors (Lipinski definition) is 0. The molecular weight excluding hydrogens is 184 g/mol. The first-order chi connectivity index (χ1) is 6.63. The molecule has 14 heavy (non-hydrogen) atoms. The number of nitrogens with zero attached hydrogens (tertiary/aromatic N) is 1. The monoisotopic (exact) mass is 193 g/mol. The zero-order valence-corrected chi connectivity index (χ0v) is 7.56. The second-order valence-corrected chi connectivity index (χ2v) is 3.85. The van der Waals surface area contributed by atoms with Crippen LogP contribution in [-0.4, -0.2) is 0 Å². The van der Waals surface area contributed by atoms with E-state index in [1.807, 2.05) is 0 Å². The second kappa shape index (κ2) is 3.06. The molecule has 0 saturated heterocycles. The molecule has 1 aromatic rings. The van der Waals surface area contributed by atoms with E-state index < -0.39 is 11.6 Å². The third-order valence-corrected chi connectivity index (χ3v) is 2.56. The van der Waals surface area contributed by atoms with Crippen molar-refractivity contribution < 1.29 is 8.78 Å². The molecule has 1 aliphatic rings. The van der Waals surface area contributed by atoms with Gasteiger partial charge in [-0.15, -0.1) is 0 Å². The van der Waals surface area contributed by atoms with Gasteiger partial charge in [-0.05, 0) is 37.0 Å². The highest BCUT2D eigenvalue weighted by molar-refractivity contribution is 5.24. The summed E-state index contributed by atoms with van der Waals surface area (Å²) in [6.07, 6.45) is 2.13. The van der Waals surface area contributed by atoms with E-state index in [1.54, 1.807) is 0 Å². The molecule has 0 unspecified atom stereocenters. The molecule has 1 nitrogen and oxygen atoms in total. The van der Waals surface area contributed by atoms with Crippen molar-refractivity contribution >= 4 is 0 Å². The fourth-order valence-electron chi connectivity index (χ4n) is 1.58. The van der Waals surface area contributed by atoms with E-state index in [0.717, 1.165) is 18.9 Å². The third kappa shape index (κ3) is 1.74. The van der Waals surface area contributed by atoms with Crippen LogP contribution in [-0.2, 0) is 6.42 Å². The lowest BCUT2D eigenvalue weighted by molar-refractivity contribution is 0.572. The summed E-state index contributed by atoms with van der Waals surface area (Å²) in [5, 5.41) is 8.82. The van der Waals surface area contributed by atoms with Crippen LogP contribution < -0.4 is 0 Å². The number of nitriles is 1. The van der Waals surface area contributed by atoms with Gasteiger partial charge in [0.2, 0.25) is 0 Å². The normalized spacial score (nSPS) is 17.5. The summed E-state index contributed by atoms with van der Waals surface area (Å²) >= 11 is 0. The van der Waals surface area contributed by atoms with Gasteiger partial charge in [-0.2, -0.15) is 5.26 Å². The molecule has 0 aromatic heterocycles. The maximum Gasteiger partial charge on any atom is 0.126 e. The number of rotatable bonds is 2. The third-order valence-electron chi connectivity index (χ3n) is 2.56. The van der Waals surface area contributed by atoms with Crippen LogP contribution in [0.4, 0.5) is 8.78 Å². The minimum atomic E-state index is -0.575. The van der Waals surface area contributed by atoms with E-state index in [0.29, 0.717) is 12.0 Å². The van der Waals surface area contributed by atoms with E-state index >= 15 is 0 Å². The van der Waals surface area contributed by atoms with Crippen LogP contribution in [0.1, 0.15) is 18.4 Å². The van der Waals surface area contributed by atoms with Crippen LogP contribution in [0.25, 0.3) is 0 Å². The maximum absolute atomic E-state index is 12.8. The van der Waals surface area contributed by atoms with Crippen molar-refractivity contribution in [3.05, 3.63) is 35.4 Å². The van der Waals surface area contributed by atoms with Gasteiger partial charge < -0.3 is 0 Å². The molecular formula is C11H9F2N. The predicted octanol–water partition coefficient (Wildman–Crippen LogP) is 2.81. The summed E-state index contributed by atoms with van der Waals surface area (Å²) in [5.41, 5.74) is 0.224. The lowest BCUT2D eigenvalue weighted by atomic mass is 9.98. The van der Waals surface area contributed by atoms with Crippen LogP contribution in [0.3, 0.4) is 0 Å². The first kappa shape index (κ1) is 9.14. The number of halogens is 2. The molecule has 1 aromatic carbocycles. The summed E-state index contributed by atoms with van der Waals surface area (Å²) in [6.45, 7) is 0. The molecule has 72 valence electrons. The van der Waals surface area contributed by atoms with Crippen molar-refractivity contribution in [1.82, 2.24) is 0 Å². The molecule has 0 aliphatic heterocycles. The summed E-state index contributed by atoms with van der Waals surface area (Å²) in [5.74, 6) is -1.15. The van der Waals surface area contributed by atoms with Gasteiger partial charge in [-0.3, -0.25) is 0 Å². The van der Waals surface area contributed by atoms with E-state index in [2.05, 4.69) is 6.07 Å². The Morgan fingerprint density at radius 2 is 1.79 bits per heavy atom. The summed E-state index contributed by atoms with van der Waals surface area (Å²) in [6, 6.07) is 5.62. The number of benzene rings is 1. The zero-order chi connectivity index (χ0) is 10.2. The van der Waals surface area contributed by atoms with Gasteiger partial charge >= 0.3 is 0 Å². The molecule has 3 heteroatoms. The molecule has 0 spiro atoms. The molecule has 0 atom stereocenters. The van der Waals surface area contributed by atoms with Gasteiger partial charge in [-0.25, -0.2) is 8.78 Å². The predicted molar refractivity (Wildman–Crippen MR) is 47.3 cm³/mol. The van der Waals surface area contributed by atoms with Crippen molar-refractivity contribution in [2.45, 2.75) is 19.3 Å². The Morgan fingerprint density at radius 1 is 1.21 bits per heavy atom. The maximum atomic E-state index is 12.8. The summed E-state index contributed by atoms with van der Waals surface area (Å²) < 4.78 is 25.6. The van der Waals surface area contributed by atoms with Crippen LogP contribution in [0.15, 0.2) is 18.2 Å². The molecule has 0 heterocycles.